The number of nitrogens with zero attached hydrogens (tertiary/aromatic N) is 4. The Morgan fingerprint density at radius 3 is 1.75 bits per heavy atom. The minimum Gasteiger partial charge on any atom is -0.469 e. The number of esters is 2. The van der Waals surface area contributed by atoms with Gasteiger partial charge in [-0.05, 0) is 113 Å². The average Bonchev–Trinajstić information content (AvgIpc) is 4.16. The molecule has 330 valence electrons. The van der Waals surface area contributed by atoms with Crippen LogP contribution in [0.4, 0.5) is 5.69 Å². The van der Waals surface area contributed by atoms with Crippen molar-refractivity contribution >= 4 is 46.4 Å². The lowest BCUT2D eigenvalue weighted by Gasteiger charge is -2.30. The molecule has 0 aliphatic carbocycles. The summed E-state index contributed by atoms with van der Waals surface area (Å²) in [5, 5.41) is 0. The Kier molecular flexibility index (Phi) is 12.0. The summed E-state index contributed by atoms with van der Waals surface area (Å²) >= 11 is 0. The average molecular weight is 853 g/mol. The Morgan fingerprint density at radius 1 is 0.667 bits per heavy atom. The number of carbonyl (C=O) groups excluding carboxylic acids is 4. The molecule has 6 heterocycles. The molecule has 0 radical (unpaired) electrons. The van der Waals surface area contributed by atoms with E-state index < -0.39 is 11.8 Å². The molecule has 2 unspecified atom stereocenters. The van der Waals surface area contributed by atoms with Crippen LogP contribution in [0.5, 0.6) is 0 Å². The Bertz CT molecular complexity index is 2410. The Balaban J connectivity index is 0.898. The molecule has 2 bridgehead atoms. The van der Waals surface area contributed by atoms with Gasteiger partial charge < -0.3 is 24.0 Å². The fourth-order valence-corrected chi connectivity index (χ4v) is 11.1. The quantitative estimate of drug-likeness (QED) is 0.157. The molecule has 0 saturated carbocycles. The van der Waals surface area contributed by atoms with E-state index in [1.54, 1.807) is 0 Å². The minimum absolute atomic E-state index is 0.0182. The maximum Gasteiger partial charge on any atom is 0.306 e. The fraction of sp³-hybridized carbons (Fsp3) is 0.500. The molecular weight excluding hydrogens is 793 g/mol. The summed E-state index contributed by atoms with van der Waals surface area (Å²) < 4.78 is 16.5. The maximum atomic E-state index is 13.9. The summed E-state index contributed by atoms with van der Waals surface area (Å²) in [5.74, 6) is -1.45. The van der Waals surface area contributed by atoms with Crippen LogP contribution in [0.1, 0.15) is 120 Å². The molecular formula is C52H60N4O7. The lowest BCUT2D eigenvalue weighted by atomic mass is 9.81. The molecule has 11 nitrogen and oxygen atoms in total. The zero-order valence-electron chi connectivity index (χ0n) is 37.5. The third kappa shape index (κ3) is 8.06. The van der Waals surface area contributed by atoms with Crippen LogP contribution in [0.2, 0.25) is 0 Å². The molecule has 11 heteroatoms. The number of hydrogen-bond donors (Lipinski definition) is 0. The van der Waals surface area contributed by atoms with Crippen molar-refractivity contribution in [1.29, 1.82) is 0 Å². The van der Waals surface area contributed by atoms with Crippen molar-refractivity contribution in [3.8, 4) is 22.3 Å². The lowest BCUT2D eigenvalue weighted by molar-refractivity contribution is -0.148. The number of amides is 2. The van der Waals surface area contributed by atoms with E-state index in [2.05, 4.69) is 54.6 Å². The van der Waals surface area contributed by atoms with Crippen LogP contribution >= 0.6 is 0 Å². The Morgan fingerprint density at radius 2 is 1.19 bits per heavy atom. The highest BCUT2D eigenvalue weighted by atomic mass is 16.5. The van der Waals surface area contributed by atoms with Crippen molar-refractivity contribution in [3.63, 3.8) is 0 Å². The van der Waals surface area contributed by atoms with E-state index in [9.17, 15) is 19.2 Å². The summed E-state index contributed by atoms with van der Waals surface area (Å²) in [5.41, 5.74) is 13.8. The van der Waals surface area contributed by atoms with Crippen LogP contribution in [-0.4, -0.2) is 84.4 Å². The van der Waals surface area contributed by atoms with E-state index in [4.69, 9.17) is 24.2 Å². The normalized spacial score (nSPS) is 23.1. The van der Waals surface area contributed by atoms with Crippen LogP contribution in [0.25, 0.3) is 27.8 Å². The van der Waals surface area contributed by atoms with E-state index >= 15 is 0 Å². The van der Waals surface area contributed by atoms with Crippen molar-refractivity contribution in [1.82, 2.24) is 9.80 Å². The van der Waals surface area contributed by atoms with Gasteiger partial charge >= 0.3 is 11.9 Å². The van der Waals surface area contributed by atoms with Gasteiger partial charge in [-0.3, -0.25) is 29.2 Å². The van der Waals surface area contributed by atoms with Crippen LogP contribution in [0.15, 0.2) is 70.8 Å². The van der Waals surface area contributed by atoms with Gasteiger partial charge in [0.1, 0.15) is 0 Å². The SMILES string of the molecule is COC(=O)C[C@H](C(=O)N1CCC[C@H]1C1=NC=C(c2ccc(-c3ccc(-c4ccc5c(c4)CC([C@@H]4CCCN4C(=O)[C@@H](CC(=O)OC)C(C)C)=N5)c4c3C3CCC4O3)cc2)C1)C(C)C. The summed E-state index contributed by atoms with van der Waals surface area (Å²) in [6.45, 7) is 9.32. The van der Waals surface area contributed by atoms with Gasteiger partial charge in [0, 0.05) is 43.6 Å². The van der Waals surface area contributed by atoms with Gasteiger partial charge in [-0.1, -0.05) is 70.2 Å². The van der Waals surface area contributed by atoms with Crippen molar-refractivity contribution < 1.29 is 33.4 Å². The van der Waals surface area contributed by atoms with Gasteiger partial charge in [-0.15, -0.1) is 0 Å². The highest BCUT2D eigenvalue weighted by Crippen LogP contribution is 2.56. The smallest absolute Gasteiger partial charge is 0.306 e. The Labute approximate surface area is 371 Å². The van der Waals surface area contributed by atoms with Crippen LogP contribution in [-0.2, 0) is 39.8 Å². The number of carbonyl (C=O) groups is 4. The summed E-state index contributed by atoms with van der Waals surface area (Å²) in [4.78, 5) is 65.9. The first-order chi connectivity index (χ1) is 30.4. The second kappa shape index (κ2) is 17.6. The van der Waals surface area contributed by atoms with Crippen molar-refractivity contribution in [2.75, 3.05) is 27.3 Å². The molecule has 3 aromatic rings. The highest BCUT2D eigenvalue weighted by molar-refractivity contribution is 6.04. The predicted molar refractivity (Wildman–Crippen MR) is 243 cm³/mol. The van der Waals surface area contributed by atoms with E-state index in [0.29, 0.717) is 25.9 Å². The number of rotatable bonds is 13. The first-order valence-corrected chi connectivity index (χ1v) is 23.1. The number of methoxy groups -OCH3 is 2. The topological polar surface area (TPSA) is 127 Å². The van der Waals surface area contributed by atoms with Crippen LogP contribution in [0.3, 0.4) is 0 Å². The number of hydrogen-bond acceptors (Lipinski definition) is 9. The molecule has 2 amide bonds. The number of likely N-dealkylation sites (tertiary alicyclic amines) is 2. The third-order valence-corrected chi connectivity index (χ3v) is 14.6. The van der Waals surface area contributed by atoms with E-state index in [1.165, 1.54) is 42.0 Å². The minimum atomic E-state index is -0.416. The van der Waals surface area contributed by atoms with Gasteiger partial charge in [0.15, 0.2) is 0 Å². The zero-order valence-corrected chi connectivity index (χ0v) is 37.5. The Hall–Kier alpha value is -5.42. The largest absolute Gasteiger partial charge is 0.469 e. The van der Waals surface area contributed by atoms with Crippen molar-refractivity contribution in [3.05, 3.63) is 83.1 Å². The first-order valence-electron chi connectivity index (χ1n) is 23.1. The molecule has 0 N–H and O–H groups in total. The number of ether oxygens (including phenoxy) is 3. The molecule has 3 saturated heterocycles. The number of fused-ring (bicyclic) bond motifs is 6. The number of benzene rings is 3. The lowest BCUT2D eigenvalue weighted by Crippen LogP contribution is -2.45. The first kappa shape index (κ1) is 42.9. The van der Waals surface area contributed by atoms with Gasteiger partial charge in [-0.2, -0.15) is 0 Å². The third-order valence-electron chi connectivity index (χ3n) is 14.6. The second-order valence-corrected chi connectivity index (χ2v) is 19.0. The summed E-state index contributed by atoms with van der Waals surface area (Å²) in [7, 11) is 2.75. The van der Waals surface area contributed by atoms with Gasteiger partial charge in [-0.25, -0.2) is 0 Å². The van der Waals surface area contributed by atoms with E-state index in [-0.39, 0.29) is 72.7 Å². The molecule has 3 fully saturated rings. The zero-order chi connectivity index (χ0) is 44.1. The van der Waals surface area contributed by atoms with Crippen molar-refractivity contribution in [2.24, 2.45) is 33.7 Å². The fourth-order valence-electron chi connectivity index (χ4n) is 11.1. The number of aliphatic imine (C=N–C) groups is 2. The molecule has 3 aromatic carbocycles. The number of allylic oxidation sites excluding steroid dienone is 1. The maximum absolute atomic E-state index is 13.9. The van der Waals surface area contributed by atoms with Gasteiger partial charge in [0.2, 0.25) is 11.8 Å². The van der Waals surface area contributed by atoms with Gasteiger partial charge in [0.25, 0.3) is 0 Å². The van der Waals surface area contributed by atoms with Crippen LogP contribution < -0.4 is 0 Å². The summed E-state index contributed by atoms with van der Waals surface area (Å²) in [6.07, 6.45) is 9.27. The van der Waals surface area contributed by atoms with Gasteiger partial charge in [0.05, 0.1) is 68.9 Å². The van der Waals surface area contributed by atoms with Crippen molar-refractivity contribution in [2.45, 2.75) is 116 Å². The molecule has 63 heavy (non-hydrogen) atoms. The summed E-state index contributed by atoms with van der Waals surface area (Å²) in [6, 6.07) is 19.8. The van der Waals surface area contributed by atoms with E-state index in [1.807, 2.05) is 43.7 Å². The molecule has 0 aromatic heterocycles. The predicted octanol–water partition coefficient (Wildman–Crippen LogP) is 9.39. The second-order valence-electron chi connectivity index (χ2n) is 19.0. The molecule has 0 spiro atoms. The molecule has 6 atom stereocenters. The monoisotopic (exact) mass is 852 g/mol. The van der Waals surface area contributed by atoms with Crippen LogP contribution in [0, 0.1) is 23.7 Å². The standard InChI is InChI=1S/C52H60N4O7/c1-29(2)38(26-47(57)61-5)51(59)55-21-7-9-43(55)41-25-35(28-53-41)31-11-13-32(14-12-31)36-16-17-37(50-46-20-19-45(63-46)49(36)50)33-15-18-40-34(23-33)24-42(54-40)44-10-8-22-56(44)52(60)39(30(3)4)27-48(58)62-6/h11-18,23,28-30,38-39,43-46H,7-10,19-22,24-27H2,1-6H3/t38-,39-,43-,44-,45?,46?/m0/s1. The highest BCUT2D eigenvalue weighted by Gasteiger charge is 2.43. The van der Waals surface area contributed by atoms with E-state index in [0.717, 1.165) is 77.9 Å². The molecule has 9 rings (SSSR count). The molecule has 6 aliphatic rings. The molecule has 6 aliphatic heterocycles.